The highest BCUT2D eigenvalue weighted by molar-refractivity contribution is 7.89. The number of para-hydroxylation sites is 1. The second-order valence-electron chi connectivity index (χ2n) is 8.19. The maximum atomic E-state index is 13.2. The molecule has 0 radical (unpaired) electrons. The van der Waals surface area contributed by atoms with Gasteiger partial charge in [0.2, 0.25) is 10.0 Å². The van der Waals surface area contributed by atoms with Crippen LogP contribution in [0.2, 0.25) is 0 Å². The summed E-state index contributed by atoms with van der Waals surface area (Å²) in [7, 11) is -1.99. The predicted molar refractivity (Wildman–Crippen MR) is 121 cm³/mol. The van der Waals surface area contributed by atoms with Gasteiger partial charge in [-0.25, -0.2) is 17.8 Å². The summed E-state index contributed by atoms with van der Waals surface area (Å²) in [5.41, 5.74) is 0.573. The number of sulfonamides is 1. The van der Waals surface area contributed by atoms with Crippen LogP contribution in [0.5, 0.6) is 0 Å². The Bertz CT molecular complexity index is 1290. The fourth-order valence-electron chi connectivity index (χ4n) is 4.49. The smallest absolute Gasteiger partial charge is 0.261 e. The fourth-order valence-corrected chi connectivity index (χ4v) is 6.10. The molecular weight excluding hydrogens is 431 g/mol. The number of aromatic nitrogens is 2. The van der Waals surface area contributed by atoms with Crippen LogP contribution in [0, 0.1) is 5.82 Å². The maximum absolute atomic E-state index is 13.2. The summed E-state index contributed by atoms with van der Waals surface area (Å²) >= 11 is 0. The van der Waals surface area contributed by atoms with Crippen molar-refractivity contribution in [2.75, 3.05) is 19.6 Å². The SMILES string of the molecule is CCC(c1nc2ccccc2c(=O)n1C)N1CCN(S(=O)(=O)c2ccc(F)cc2)C(C)C1. The van der Waals surface area contributed by atoms with Gasteiger partial charge in [0.05, 0.1) is 21.8 Å². The Morgan fingerprint density at radius 3 is 2.47 bits per heavy atom. The van der Waals surface area contributed by atoms with Crippen LogP contribution in [-0.4, -0.2) is 52.9 Å². The molecule has 1 fully saturated rings. The Morgan fingerprint density at radius 2 is 1.81 bits per heavy atom. The second-order valence-corrected chi connectivity index (χ2v) is 10.1. The highest BCUT2D eigenvalue weighted by atomic mass is 32.2. The molecule has 1 aliphatic rings. The van der Waals surface area contributed by atoms with E-state index in [1.165, 1.54) is 16.4 Å². The molecule has 0 aliphatic carbocycles. The topological polar surface area (TPSA) is 75.5 Å². The van der Waals surface area contributed by atoms with Crippen LogP contribution in [0.15, 0.2) is 58.2 Å². The number of halogens is 1. The van der Waals surface area contributed by atoms with Gasteiger partial charge in [-0.15, -0.1) is 0 Å². The van der Waals surface area contributed by atoms with Gasteiger partial charge >= 0.3 is 0 Å². The lowest BCUT2D eigenvalue weighted by Crippen LogP contribution is -2.54. The van der Waals surface area contributed by atoms with Crippen molar-refractivity contribution >= 4 is 20.9 Å². The van der Waals surface area contributed by atoms with Crippen molar-refractivity contribution < 1.29 is 12.8 Å². The van der Waals surface area contributed by atoms with Gasteiger partial charge in [0, 0.05) is 32.7 Å². The first kappa shape index (κ1) is 22.6. The first-order valence-electron chi connectivity index (χ1n) is 10.7. The van der Waals surface area contributed by atoms with Crippen molar-refractivity contribution in [1.82, 2.24) is 18.8 Å². The zero-order chi connectivity index (χ0) is 23.0. The monoisotopic (exact) mass is 458 g/mol. The standard InChI is InChI=1S/C23H27FN4O3S/c1-4-21(22-25-20-8-6-5-7-19(20)23(29)26(22)3)27-13-14-28(16(2)15-27)32(30,31)18-11-9-17(24)10-12-18/h5-12,16,21H,4,13-15H2,1-3H3. The van der Waals surface area contributed by atoms with E-state index in [4.69, 9.17) is 4.98 Å². The Labute approximate surface area is 187 Å². The van der Waals surface area contributed by atoms with Crippen LogP contribution in [0.3, 0.4) is 0 Å². The minimum atomic E-state index is -3.72. The van der Waals surface area contributed by atoms with Crippen molar-refractivity contribution in [3.63, 3.8) is 0 Å². The summed E-state index contributed by atoms with van der Waals surface area (Å²) in [5.74, 6) is 0.208. The number of hydrogen-bond donors (Lipinski definition) is 0. The van der Waals surface area contributed by atoms with E-state index in [1.807, 2.05) is 32.0 Å². The minimum absolute atomic E-state index is 0.0878. The molecule has 2 unspecified atom stereocenters. The Morgan fingerprint density at radius 1 is 1.12 bits per heavy atom. The molecule has 4 rings (SSSR count). The molecule has 0 saturated carbocycles. The van der Waals surface area contributed by atoms with Crippen molar-refractivity contribution in [3.05, 3.63) is 70.5 Å². The molecule has 0 bridgehead atoms. The summed E-state index contributed by atoms with van der Waals surface area (Å²) in [5, 5.41) is 0.581. The van der Waals surface area contributed by atoms with Crippen molar-refractivity contribution in [2.45, 2.75) is 37.2 Å². The third kappa shape index (κ3) is 3.96. The molecule has 170 valence electrons. The average Bonchev–Trinajstić information content (AvgIpc) is 2.78. The molecule has 0 spiro atoms. The van der Waals surface area contributed by atoms with Crippen molar-refractivity contribution in [2.24, 2.45) is 7.05 Å². The molecule has 1 aliphatic heterocycles. The number of fused-ring (bicyclic) bond motifs is 1. The quantitative estimate of drug-likeness (QED) is 0.588. The van der Waals surface area contributed by atoms with Crippen LogP contribution < -0.4 is 5.56 Å². The van der Waals surface area contributed by atoms with Gasteiger partial charge in [0.1, 0.15) is 11.6 Å². The molecule has 2 atom stereocenters. The van der Waals surface area contributed by atoms with E-state index in [9.17, 15) is 17.6 Å². The molecular formula is C23H27FN4O3S. The molecule has 2 heterocycles. The van der Waals surface area contributed by atoms with Crippen molar-refractivity contribution in [1.29, 1.82) is 0 Å². The molecule has 1 saturated heterocycles. The Kier molecular flexibility index (Phi) is 6.15. The van der Waals surface area contributed by atoms with Gasteiger partial charge in [-0.05, 0) is 49.7 Å². The third-order valence-electron chi connectivity index (χ3n) is 6.16. The van der Waals surface area contributed by atoms with E-state index in [-0.39, 0.29) is 22.5 Å². The van der Waals surface area contributed by atoms with Crippen LogP contribution in [0.1, 0.15) is 32.1 Å². The Balaban J connectivity index is 1.61. The minimum Gasteiger partial charge on any atom is -0.298 e. The first-order valence-corrected chi connectivity index (χ1v) is 12.1. The van der Waals surface area contributed by atoms with Gasteiger partial charge in [-0.3, -0.25) is 14.3 Å². The summed E-state index contributed by atoms with van der Waals surface area (Å²) in [6.45, 7) is 5.22. The molecule has 32 heavy (non-hydrogen) atoms. The van der Waals surface area contributed by atoms with Gasteiger partial charge in [-0.1, -0.05) is 19.1 Å². The summed E-state index contributed by atoms with van der Waals surface area (Å²) in [6, 6.07) is 11.8. The van der Waals surface area contributed by atoms with Gasteiger partial charge < -0.3 is 0 Å². The van der Waals surface area contributed by atoms with E-state index >= 15 is 0 Å². The second kappa shape index (κ2) is 8.73. The largest absolute Gasteiger partial charge is 0.298 e. The van der Waals surface area contributed by atoms with Gasteiger partial charge in [0.25, 0.3) is 5.56 Å². The average molecular weight is 459 g/mol. The lowest BCUT2D eigenvalue weighted by atomic mass is 10.1. The highest BCUT2D eigenvalue weighted by Crippen LogP contribution is 2.28. The highest BCUT2D eigenvalue weighted by Gasteiger charge is 2.36. The Hall–Kier alpha value is -2.62. The predicted octanol–water partition coefficient (Wildman–Crippen LogP) is 2.92. The number of piperazine rings is 1. The first-order chi connectivity index (χ1) is 15.2. The molecule has 1 aromatic heterocycles. The number of hydrogen-bond acceptors (Lipinski definition) is 5. The van der Waals surface area contributed by atoms with E-state index in [0.29, 0.717) is 36.4 Å². The van der Waals surface area contributed by atoms with Crippen LogP contribution in [-0.2, 0) is 17.1 Å². The van der Waals surface area contributed by atoms with E-state index in [1.54, 1.807) is 17.7 Å². The molecule has 9 heteroatoms. The molecule has 3 aromatic rings. The van der Waals surface area contributed by atoms with Crippen LogP contribution >= 0.6 is 0 Å². The number of rotatable bonds is 5. The van der Waals surface area contributed by atoms with E-state index in [2.05, 4.69) is 4.90 Å². The maximum Gasteiger partial charge on any atom is 0.261 e. The van der Waals surface area contributed by atoms with Gasteiger partial charge in [0.15, 0.2) is 0 Å². The summed E-state index contributed by atoms with van der Waals surface area (Å²) in [6.07, 6.45) is 0.732. The van der Waals surface area contributed by atoms with Crippen molar-refractivity contribution in [3.8, 4) is 0 Å². The lowest BCUT2D eigenvalue weighted by Gasteiger charge is -2.42. The third-order valence-corrected chi connectivity index (χ3v) is 8.19. The molecule has 7 nitrogen and oxygen atoms in total. The fraction of sp³-hybridized carbons (Fsp3) is 0.391. The number of benzene rings is 2. The zero-order valence-corrected chi connectivity index (χ0v) is 19.2. The van der Waals surface area contributed by atoms with E-state index < -0.39 is 15.8 Å². The normalized spacial score (nSPS) is 19.3. The van der Waals surface area contributed by atoms with Crippen LogP contribution in [0.4, 0.5) is 4.39 Å². The number of nitrogens with zero attached hydrogens (tertiary/aromatic N) is 4. The molecule has 0 N–H and O–H groups in total. The van der Waals surface area contributed by atoms with Crippen LogP contribution in [0.25, 0.3) is 10.9 Å². The summed E-state index contributed by atoms with van der Waals surface area (Å²) in [4.78, 5) is 19.9. The van der Waals surface area contributed by atoms with Gasteiger partial charge in [-0.2, -0.15) is 4.31 Å². The zero-order valence-electron chi connectivity index (χ0n) is 18.4. The lowest BCUT2D eigenvalue weighted by molar-refractivity contribution is 0.0938. The molecule has 2 aromatic carbocycles. The van der Waals surface area contributed by atoms with E-state index in [0.717, 1.165) is 18.6 Å². The summed E-state index contributed by atoms with van der Waals surface area (Å²) < 4.78 is 42.5. The molecule has 0 amide bonds.